The summed E-state index contributed by atoms with van der Waals surface area (Å²) < 4.78 is 26.1. The van der Waals surface area contributed by atoms with Crippen molar-refractivity contribution in [1.29, 1.82) is 0 Å². The lowest BCUT2D eigenvalue weighted by Crippen LogP contribution is -2.41. The molecule has 0 spiro atoms. The first kappa shape index (κ1) is 33.3. The van der Waals surface area contributed by atoms with Gasteiger partial charge in [-0.1, -0.05) is 63.8 Å². The van der Waals surface area contributed by atoms with Crippen molar-refractivity contribution >= 4 is 24.1 Å². The lowest BCUT2D eigenvalue weighted by atomic mass is 10.0. The summed E-state index contributed by atoms with van der Waals surface area (Å²) in [4.78, 5) is 49.2. The second-order valence-corrected chi connectivity index (χ2v) is 9.39. The summed E-state index contributed by atoms with van der Waals surface area (Å²) in [6.45, 7) is 4.19. The number of hydrogen-bond acceptors (Lipinski definition) is 10. The number of hydrogen-bond donors (Lipinski definition) is 1. The summed E-state index contributed by atoms with van der Waals surface area (Å²) in [6.07, 6.45) is 4.95. The molecule has 0 bridgehead atoms. The lowest BCUT2D eigenvalue weighted by molar-refractivity contribution is -0.143. The molecule has 0 amide bonds. The van der Waals surface area contributed by atoms with E-state index >= 15 is 0 Å². The molecule has 0 saturated carbocycles. The monoisotopic (exact) mass is 571 g/mol. The zero-order chi connectivity index (χ0) is 29.9. The highest BCUT2D eigenvalue weighted by atomic mass is 16.7. The molecule has 1 N–H and O–H groups in total. The molecule has 0 radical (unpaired) electrons. The van der Waals surface area contributed by atoms with Crippen LogP contribution in [0.1, 0.15) is 70.8 Å². The molecule has 0 aliphatic carbocycles. The Hall–Kier alpha value is -3.92. The molecule has 2 rings (SSSR count). The van der Waals surface area contributed by atoms with Gasteiger partial charge in [-0.15, -0.1) is 0 Å². The van der Waals surface area contributed by atoms with Gasteiger partial charge in [0.1, 0.15) is 18.4 Å². The van der Waals surface area contributed by atoms with Crippen molar-refractivity contribution in [2.24, 2.45) is 0 Å². The minimum Gasteiger partial charge on any atom is -0.468 e. The third-order valence-corrected chi connectivity index (χ3v) is 6.01. The van der Waals surface area contributed by atoms with E-state index in [4.69, 9.17) is 23.7 Å². The molecule has 41 heavy (non-hydrogen) atoms. The maximum absolute atomic E-state index is 12.5. The van der Waals surface area contributed by atoms with Gasteiger partial charge in [0.15, 0.2) is 11.5 Å². The van der Waals surface area contributed by atoms with Crippen LogP contribution in [0.15, 0.2) is 48.5 Å². The first-order chi connectivity index (χ1) is 19.9. The predicted molar refractivity (Wildman–Crippen MR) is 152 cm³/mol. The molecule has 10 heteroatoms. The van der Waals surface area contributed by atoms with Crippen LogP contribution in [0.3, 0.4) is 0 Å². The summed E-state index contributed by atoms with van der Waals surface area (Å²) in [7, 11) is 1.27. The predicted octanol–water partition coefficient (Wildman–Crippen LogP) is 5.55. The van der Waals surface area contributed by atoms with Gasteiger partial charge in [-0.3, -0.25) is 14.4 Å². The SMILES string of the molecule is CCCCCC(=O)Oc1ccc(C[C@H](NCCOC(=O)Oc2ccccc2)C(=O)OC)cc1OC(=O)CCCCC. The number of carbonyl (C=O) groups is 4. The fourth-order valence-corrected chi connectivity index (χ4v) is 3.83. The second kappa shape index (κ2) is 19.2. The Labute approximate surface area is 241 Å². The van der Waals surface area contributed by atoms with Crippen molar-refractivity contribution in [2.75, 3.05) is 20.3 Å². The minimum atomic E-state index is -0.863. The van der Waals surface area contributed by atoms with Crippen molar-refractivity contribution in [3.63, 3.8) is 0 Å². The van der Waals surface area contributed by atoms with E-state index in [-0.39, 0.29) is 43.9 Å². The molecule has 1 atom stereocenters. The minimum absolute atomic E-state index is 0.0489. The van der Waals surface area contributed by atoms with Crippen molar-refractivity contribution in [3.8, 4) is 17.2 Å². The van der Waals surface area contributed by atoms with Crippen LogP contribution >= 0.6 is 0 Å². The van der Waals surface area contributed by atoms with E-state index in [9.17, 15) is 19.2 Å². The number of nitrogens with one attached hydrogen (secondary N) is 1. The zero-order valence-electron chi connectivity index (χ0n) is 24.1. The van der Waals surface area contributed by atoms with Crippen LogP contribution in [-0.4, -0.2) is 50.4 Å². The van der Waals surface area contributed by atoms with E-state index in [1.54, 1.807) is 48.5 Å². The topological polar surface area (TPSA) is 126 Å². The van der Waals surface area contributed by atoms with Crippen molar-refractivity contribution in [3.05, 3.63) is 54.1 Å². The fraction of sp³-hybridized carbons (Fsp3) is 0.484. The molecule has 0 aliphatic heterocycles. The molecule has 2 aromatic carbocycles. The van der Waals surface area contributed by atoms with Crippen LogP contribution in [0, 0.1) is 0 Å². The summed E-state index contributed by atoms with van der Waals surface area (Å²) in [5.41, 5.74) is 0.638. The molecule has 0 saturated heterocycles. The number of unbranched alkanes of at least 4 members (excludes halogenated alkanes) is 4. The maximum Gasteiger partial charge on any atom is 0.513 e. The number of rotatable bonds is 18. The van der Waals surface area contributed by atoms with Crippen molar-refractivity contribution in [1.82, 2.24) is 5.32 Å². The second-order valence-electron chi connectivity index (χ2n) is 9.39. The molecule has 10 nitrogen and oxygen atoms in total. The van der Waals surface area contributed by atoms with Gasteiger partial charge in [-0.25, -0.2) is 4.79 Å². The van der Waals surface area contributed by atoms with Gasteiger partial charge >= 0.3 is 24.1 Å². The molecular weight excluding hydrogens is 530 g/mol. The Morgan fingerprint density at radius 1 is 0.780 bits per heavy atom. The fourth-order valence-electron chi connectivity index (χ4n) is 3.83. The van der Waals surface area contributed by atoms with E-state index in [1.807, 2.05) is 13.8 Å². The van der Waals surface area contributed by atoms with E-state index < -0.39 is 30.1 Å². The Kier molecular flexibility index (Phi) is 15.6. The molecule has 0 fully saturated rings. The molecule has 224 valence electrons. The van der Waals surface area contributed by atoms with E-state index in [2.05, 4.69) is 5.32 Å². The van der Waals surface area contributed by atoms with Crippen LogP contribution < -0.4 is 19.5 Å². The highest BCUT2D eigenvalue weighted by Crippen LogP contribution is 2.30. The number of methoxy groups -OCH3 is 1. The number of benzene rings is 2. The van der Waals surface area contributed by atoms with Gasteiger partial charge in [-0.05, 0) is 49.1 Å². The average Bonchev–Trinajstić information content (AvgIpc) is 2.96. The average molecular weight is 572 g/mol. The molecule has 0 aliphatic rings. The number of para-hydroxylation sites is 1. The molecule has 0 heterocycles. The van der Waals surface area contributed by atoms with Gasteiger partial charge < -0.3 is 29.0 Å². The number of carbonyl (C=O) groups excluding carboxylic acids is 4. The van der Waals surface area contributed by atoms with Gasteiger partial charge in [-0.2, -0.15) is 0 Å². The molecule has 2 aromatic rings. The van der Waals surface area contributed by atoms with Crippen LogP contribution in [-0.2, 0) is 30.3 Å². The normalized spacial score (nSPS) is 11.3. The summed E-state index contributed by atoms with van der Waals surface area (Å²) >= 11 is 0. The zero-order valence-corrected chi connectivity index (χ0v) is 24.1. The van der Waals surface area contributed by atoms with E-state index in [0.717, 1.165) is 25.7 Å². The maximum atomic E-state index is 12.5. The quantitative estimate of drug-likeness (QED) is 0.105. The number of esters is 3. The standard InChI is InChI=1S/C31H41NO9/c1-4-6-9-15-28(33)40-26-18-17-23(22-27(26)41-29(34)16-10-7-5-2)21-25(30(35)37-3)32-19-20-38-31(36)39-24-13-11-8-12-14-24/h8,11-14,17-18,22,25,32H,4-7,9-10,15-16,19-21H2,1-3H3/t25-/m0/s1. The summed E-state index contributed by atoms with van der Waals surface area (Å²) in [5, 5.41) is 3.01. The van der Waals surface area contributed by atoms with Gasteiger partial charge in [0.05, 0.1) is 7.11 Å². The van der Waals surface area contributed by atoms with Crippen LogP contribution in [0.5, 0.6) is 17.2 Å². The first-order valence-electron chi connectivity index (χ1n) is 14.1. The van der Waals surface area contributed by atoms with Crippen molar-refractivity contribution in [2.45, 2.75) is 77.7 Å². The summed E-state index contributed by atoms with van der Waals surface area (Å²) in [5.74, 6) is -0.748. The molecule has 0 aromatic heterocycles. The largest absolute Gasteiger partial charge is 0.513 e. The Morgan fingerprint density at radius 2 is 1.41 bits per heavy atom. The molecule has 0 unspecified atom stereocenters. The highest BCUT2D eigenvalue weighted by molar-refractivity contribution is 5.77. The Morgan fingerprint density at radius 3 is 2.02 bits per heavy atom. The van der Waals surface area contributed by atoms with Crippen LogP contribution in [0.4, 0.5) is 4.79 Å². The Balaban J connectivity index is 2.04. The first-order valence-corrected chi connectivity index (χ1v) is 14.1. The van der Waals surface area contributed by atoms with Crippen molar-refractivity contribution < 1.29 is 42.9 Å². The third-order valence-electron chi connectivity index (χ3n) is 6.01. The van der Waals surface area contributed by atoms with E-state index in [0.29, 0.717) is 24.2 Å². The van der Waals surface area contributed by atoms with Gasteiger partial charge in [0, 0.05) is 19.4 Å². The third kappa shape index (κ3) is 13.3. The molecular formula is C31H41NO9. The highest BCUT2D eigenvalue weighted by Gasteiger charge is 2.22. The van der Waals surface area contributed by atoms with Gasteiger partial charge in [0.25, 0.3) is 0 Å². The summed E-state index contributed by atoms with van der Waals surface area (Å²) in [6, 6.07) is 12.5. The van der Waals surface area contributed by atoms with Crippen LogP contribution in [0.25, 0.3) is 0 Å². The smallest absolute Gasteiger partial charge is 0.468 e. The Bertz CT molecular complexity index is 1100. The van der Waals surface area contributed by atoms with E-state index in [1.165, 1.54) is 7.11 Å². The van der Waals surface area contributed by atoms with Crippen LogP contribution in [0.2, 0.25) is 0 Å². The lowest BCUT2D eigenvalue weighted by Gasteiger charge is -2.18. The van der Waals surface area contributed by atoms with Gasteiger partial charge in [0.2, 0.25) is 0 Å². The number of ether oxygens (including phenoxy) is 5.